The molecule has 0 amide bonds. The SMILES string of the molecule is CCCCC1CCC(C(O)c2cccc3ccsc23)CC1. The van der Waals surface area contributed by atoms with Gasteiger partial charge in [-0.3, -0.25) is 0 Å². The topological polar surface area (TPSA) is 20.2 Å². The van der Waals surface area contributed by atoms with Crippen molar-refractivity contribution in [3.05, 3.63) is 35.2 Å². The van der Waals surface area contributed by atoms with Crippen LogP contribution in [-0.2, 0) is 0 Å². The molecule has 21 heavy (non-hydrogen) atoms. The molecule has 1 unspecified atom stereocenters. The summed E-state index contributed by atoms with van der Waals surface area (Å²) in [5.74, 6) is 1.36. The van der Waals surface area contributed by atoms with Gasteiger partial charge >= 0.3 is 0 Å². The van der Waals surface area contributed by atoms with Crippen molar-refractivity contribution in [2.45, 2.75) is 58.0 Å². The molecule has 2 aromatic rings. The van der Waals surface area contributed by atoms with E-state index in [1.165, 1.54) is 55.0 Å². The third-order valence-electron chi connectivity index (χ3n) is 5.13. The molecule has 0 spiro atoms. The minimum atomic E-state index is -0.278. The molecular weight excluding hydrogens is 276 g/mol. The van der Waals surface area contributed by atoms with Gasteiger partial charge in [0.1, 0.15) is 0 Å². The largest absolute Gasteiger partial charge is 0.388 e. The molecule has 1 aliphatic rings. The first-order chi connectivity index (χ1) is 10.3. The van der Waals surface area contributed by atoms with Gasteiger partial charge in [0.15, 0.2) is 0 Å². The predicted octanol–water partition coefficient (Wildman–Crippen LogP) is 5.93. The second kappa shape index (κ2) is 6.93. The maximum atomic E-state index is 10.8. The van der Waals surface area contributed by atoms with Crippen molar-refractivity contribution in [1.29, 1.82) is 0 Å². The van der Waals surface area contributed by atoms with E-state index in [-0.39, 0.29) is 6.10 Å². The molecule has 1 fully saturated rings. The van der Waals surface area contributed by atoms with Crippen LogP contribution in [0.5, 0.6) is 0 Å². The highest BCUT2D eigenvalue weighted by molar-refractivity contribution is 7.17. The Balaban J connectivity index is 1.66. The van der Waals surface area contributed by atoms with Crippen molar-refractivity contribution < 1.29 is 5.11 Å². The van der Waals surface area contributed by atoms with E-state index >= 15 is 0 Å². The van der Waals surface area contributed by atoms with Gasteiger partial charge in [-0.15, -0.1) is 11.3 Å². The third kappa shape index (κ3) is 3.32. The Labute approximate surface area is 132 Å². The van der Waals surface area contributed by atoms with Crippen LogP contribution in [0.4, 0.5) is 0 Å². The summed E-state index contributed by atoms with van der Waals surface area (Å²) in [6.07, 6.45) is 8.79. The molecule has 1 saturated carbocycles. The lowest BCUT2D eigenvalue weighted by molar-refractivity contribution is 0.0732. The number of hydrogen-bond acceptors (Lipinski definition) is 2. The molecule has 0 saturated heterocycles. The Hall–Kier alpha value is -0.860. The normalized spacial score (nSPS) is 24.3. The molecule has 3 rings (SSSR count). The third-order valence-corrected chi connectivity index (χ3v) is 6.11. The van der Waals surface area contributed by atoms with Gasteiger partial charge in [0.05, 0.1) is 6.10 Å². The molecule has 114 valence electrons. The average Bonchev–Trinajstić information content (AvgIpc) is 3.01. The van der Waals surface area contributed by atoms with Crippen LogP contribution in [0.1, 0.15) is 63.5 Å². The van der Waals surface area contributed by atoms with E-state index in [1.807, 2.05) is 0 Å². The van der Waals surface area contributed by atoms with Crippen LogP contribution in [0.25, 0.3) is 10.1 Å². The molecule has 1 aliphatic carbocycles. The van der Waals surface area contributed by atoms with Crippen LogP contribution in [0.15, 0.2) is 29.6 Å². The summed E-state index contributed by atoms with van der Waals surface area (Å²) in [6.45, 7) is 2.27. The highest BCUT2D eigenvalue weighted by atomic mass is 32.1. The lowest BCUT2D eigenvalue weighted by Crippen LogP contribution is -2.20. The van der Waals surface area contributed by atoms with Crippen LogP contribution in [-0.4, -0.2) is 5.11 Å². The predicted molar refractivity (Wildman–Crippen MR) is 91.8 cm³/mol. The molecule has 1 heterocycles. The van der Waals surface area contributed by atoms with E-state index < -0.39 is 0 Å². The molecular formula is C19H26OS. The first-order valence-electron chi connectivity index (χ1n) is 8.43. The average molecular weight is 302 g/mol. The monoisotopic (exact) mass is 302 g/mol. The summed E-state index contributed by atoms with van der Waals surface area (Å²) >= 11 is 1.76. The van der Waals surface area contributed by atoms with Crippen molar-refractivity contribution in [3.8, 4) is 0 Å². The van der Waals surface area contributed by atoms with Crippen LogP contribution < -0.4 is 0 Å². The van der Waals surface area contributed by atoms with E-state index in [0.29, 0.717) is 5.92 Å². The summed E-state index contributed by atoms with van der Waals surface area (Å²) in [4.78, 5) is 0. The van der Waals surface area contributed by atoms with Gasteiger partial charge in [0.2, 0.25) is 0 Å². The lowest BCUT2D eigenvalue weighted by atomic mass is 9.76. The number of thiophene rings is 1. The number of aliphatic hydroxyl groups excluding tert-OH is 1. The fourth-order valence-corrected chi connectivity index (χ4v) is 4.74. The number of unbranched alkanes of at least 4 members (excludes halogenated alkanes) is 1. The molecule has 1 aromatic carbocycles. The molecule has 1 N–H and O–H groups in total. The summed E-state index contributed by atoms with van der Waals surface area (Å²) in [5.41, 5.74) is 1.15. The minimum Gasteiger partial charge on any atom is -0.388 e. The van der Waals surface area contributed by atoms with Gasteiger partial charge in [0.25, 0.3) is 0 Å². The lowest BCUT2D eigenvalue weighted by Gasteiger charge is -2.32. The second-order valence-corrected chi connectivity index (χ2v) is 7.47. The smallest absolute Gasteiger partial charge is 0.0832 e. The molecule has 1 atom stereocenters. The van der Waals surface area contributed by atoms with Gasteiger partial charge in [-0.05, 0) is 47.1 Å². The van der Waals surface area contributed by atoms with E-state index in [2.05, 4.69) is 36.6 Å². The number of benzene rings is 1. The molecule has 2 heteroatoms. The number of rotatable bonds is 5. The Bertz CT molecular complexity index is 566. The molecule has 0 aliphatic heterocycles. The zero-order valence-electron chi connectivity index (χ0n) is 12.9. The maximum absolute atomic E-state index is 10.8. The van der Waals surface area contributed by atoms with E-state index in [4.69, 9.17) is 0 Å². The van der Waals surface area contributed by atoms with Gasteiger partial charge < -0.3 is 5.11 Å². The quantitative estimate of drug-likeness (QED) is 0.725. The fraction of sp³-hybridized carbons (Fsp3) is 0.579. The zero-order chi connectivity index (χ0) is 14.7. The highest BCUT2D eigenvalue weighted by Gasteiger charge is 2.28. The van der Waals surface area contributed by atoms with E-state index in [0.717, 1.165) is 11.5 Å². The van der Waals surface area contributed by atoms with Crippen LogP contribution in [0, 0.1) is 11.8 Å². The minimum absolute atomic E-state index is 0.278. The van der Waals surface area contributed by atoms with Gasteiger partial charge in [0, 0.05) is 4.70 Å². The van der Waals surface area contributed by atoms with Gasteiger partial charge in [-0.2, -0.15) is 0 Å². The van der Waals surface area contributed by atoms with Crippen LogP contribution in [0.3, 0.4) is 0 Å². The standard InChI is InChI=1S/C19H26OS/c1-2-3-5-14-8-10-15(11-9-14)18(20)17-7-4-6-16-12-13-21-19(16)17/h4,6-7,12-15,18,20H,2-3,5,8-11H2,1H3. The second-order valence-electron chi connectivity index (χ2n) is 6.55. The molecule has 1 aromatic heterocycles. The Morgan fingerprint density at radius 3 is 2.76 bits per heavy atom. The summed E-state index contributed by atoms with van der Waals surface area (Å²) < 4.78 is 1.28. The zero-order valence-corrected chi connectivity index (χ0v) is 13.7. The van der Waals surface area contributed by atoms with Crippen LogP contribution in [0.2, 0.25) is 0 Å². The Morgan fingerprint density at radius 2 is 2.00 bits per heavy atom. The van der Waals surface area contributed by atoms with Crippen molar-refractivity contribution in [1.82, 2.24) is 0 Å². The molecule has 0 radical (unpaired) electrons. The molecule has 1 nitrogen and oxygen atoms in total. The first-order valence-corrected chi connectivity index (χ1v) is 9.31. The van der Waals surface area contributed by atoms with Crippen molar-refractivity contribution >= 4 is 21.4 Å². The number of aliphatic hydroxyl groups is 1. The van der Waals surface area contributed by atoms with Crippen molar-refractivity contribution in [3.63, 3.8) is 0 Å². The van der Waals surface area contributed by atoms with E-state index in [1.54, 1.807) is 11.3 Å². The highest BCUT2D eigenvalue weighted by Crippen LogP contribution is 2.41. The summed E-state index contributed by atoms with van der Waals surface area (Å²) in [7, 11) is 0. The Kier molecular flexibility index (Phi) is 4.97. The molecule has 0 bridgehead atoms. The fourth-order valence-electron chi connectivity index (χ4n) is 3.79. The van der Waals surface area contributed by atoms with Crippen molar-refractivity contribution in [2.24, 2.45) is 11.8 Å². The maximum Gasteiger partial charge on any atom is 0.0832 e. The number of fused-ring (bicyclic) bond motifs is 1. The van der Waals surface area contributed by atoms with Crippen LogP contribution >= 0.6 is 11.3 Å². The van der Waals surface area contributed by atoms with E-state index in [9.17, 15) is 5.11 Å². The van der Waals surface area contributed by atoms with Gasteiger partial charge in [-0.25, -0.2) is 0 Å². The Morgan fingerprint density at radius 1 is 1.19 bits per heavy atom. The number of hydrogen-bond donors (Lipinski definition) is 1. The summed E-state index contributed by atoms with van der Waals surface area (Å²) in [6, 6.07) is 8.49. The first kappa shape index (κ1) is 15.1. The van der Waals surface area contributed by atoms with Crippen molar-refractivity contribution in [2.75, 3.05) is 0 Å². The van der Waals surface area contributed by atoms with Gasteiger partial charge in [-0.1, -0.05) is 57.2 Å². The summed E-state index contributed by atoms with van der Waals surface area (Å²) in [5, 5.41) is 14.2.